The van der Waals surface area contributed by atoms with E-state index in [0.29, 0.717) is 23.8 Å². The highest BCUT2D eigenvalue weighted by molar-refractivity contribution is 6.21. The molecule has 0 spiro atoms. The van der Waals surface area contributed by atoms with Crippen LogP contribution in [0.5, 0.6) is 11.5 Å². The van der Waals surface area contributed by atoms with Gasteiger partial charge < -0.3 is 19.3 Å². The van der Waals surface area contributed by atoms with Crippen molar-refractivity contribution < 1.29 is 24.1 Å². The van der Waals surface area contributed by atoms with Gasteiger partial charge >= 0.3 is 5.97 Å². The van der Waals surface area contributed by atoms with E-state index in [1.807, 2.05) is 0 Å². The summed E-state index contributed by atoms with van der Waals surface area (Å²) in [6.07, 6.45) is 3.29. The molecule has 1 aliphatic rings. The number of rotatable bonds is 6. The second-order valence-corrected chi connectivity index (χ2v) is 4.95. The Hall–Kier alpha value is -3.02. The molecule has 0 aliphatic carbocycles. The van der Waals surface area contributed by atoms with Crippen molar-refractivity contribution in [2.24, 2.45) is 4.99 Å². The van der Waals surface area contributed by atoms with Crippen LogP contribution in [0.15, 0.2) is 52.9 Å². The van der Waals surface area contributed by atoms with E-state index in [1.54, 1.807) is 37.3 Å². The summed E-state index contributed by atoms with van der Waals surface area (Å²) in [4.78, 5) is 15.9. The number of aliphatic imine (C=N–C) groups is 1. The van der Waals surface area contributed by atoms with E-state index in [9.17, 15) is 9.90 Å². The Balaban J connectivity index is 2.37. The molecule has 6 heteroatoms. The van der Waals surface area contributed by atoms with Crippen LogP contribution >= 0.6 is 0 Å². The summed E-state index contributed by atoms with van der Waals surface area (Å²) >= 11 is 0. The molecule has 2 rings (SSSR count). The van der Waals surface area contributed by atoms with Crippen molar-refractivity contribution in [1.82, 2.24) is 0 Å². The Bertz CT molecular complexity index is 759. The van der Waals surface area contributed by atoms with Crippen molar-refractivity contribution in [3.63, 3.8) is 0 Å². The minimum atomic E-state index is -0.622. The second kappa shape index (κ2) is 7.50. The van der Waals surface area contributed by atoms with Crippen molar-refractivity contribution >= 4 is 17.8 Å². The predicted molar refractivity (Wildman–Crippen MR) is 91.4 cm³/mol. The molecule has 1 aromatic carbocycles. The van der Waals surface area contributed by atoms with Gasteiger partial charge in [0.2, 0.25) is 0 Å². The molecule has 0 bridgehead atoms. The number of hydrogen-bond acceptors (Lipinski definition) is 6. The molecule has 1 aromatic rings. The van der Waals surface area contributed by atoms with Gasteiger partial charge in [0, 0.05) is 0 Å². The van der Waals surface area contributed by atoms with Crippen molar-refractivity contribution in [2.45, 2.75) is 6.92 Å². The number of nitrogens with zero attached hydrogens (tertiary/aromatic N) is 1. The van der Waals surface area contributed by atoms with Gasteiger partial charge in [-0.3, -0.25) is 0 Å². The first kappa shape index (κ1) is 17.3. The number of hydrogen-bond donors (Lipinski definition) is 1. The molecule has 0 saturated carbocycles. The lowest BCUT2D eigenvalue weighted by Gasteiger charge is -2.10. The minimum absolute atomic E-state index is 0.0710. The molecule has 0 aromatic heterocycles. The van der Waals surface area contributed by atoms with Crippen LogP contribution in [0.3, 0.4) is 0 Å². The van der Waals surface area contributed by atoms with Gasteiger partial charge in [0.1, 0.15) is 17.9 Å². The molecular weight excluding hydrogens is 310 g/mol. The molecule has 126 valence electrons. The Labute approximate surface area is 140 Å². The van der Waals surface area contributed by atoms with Gasteiger partial charge in [-0.25, -0.2) is 9.79 Å². The summed E-state index contributed by atoms with van der Waals surface area (Å²) in [5.41, 5.74) is 1.50. The van der Waals surface area contributed by atoms with Crippen LogP contribution in [0.25, 0.3) is 6.08 Å². The molecule has 1 N–H and O–H groups in total. The molecule has 0 radical (unpaired) electrons. The Morgan fingerprint density at radius 3 is 2.71 bits per heavy atom. The van der Waals surface area contributed by atoms with Gasteiger partial charge in [-0.15, -0.1) is 0 Å². The van der Waals surface area contributed by atoms with Crippen LogP contribution in [0.2, 0.25) is 0 Å². The molecule has 1 heterocycles. The van der Waals surface area contributed by atoms with Gasteiger partial charge in [0.15, 0.2) is 17.3 Å². The maximum atomic E-state index is 11.7. The van der Waals surface area contributed by atoms with Gasteiger partial charge in [-0.1, -0.05) is 18.7 Å². The van der Waals surface area contributed by atoms with Crippen LogP contribution in [-0.4, -0.2) is 37.6 Å². The number of ether oxygens (including phenoxy) is 3. The molecule has 6 nitrogen and oxygen atoms in total. The zero-order valence-corrected chi connectivity index (χ0v) is 13.8. The summed E-state index contributed by atoms with van der Waals surface area (Å²) in [5, 5.41) is 10.2. The van der Waals surface area contributed by atoms with E-state index >= 15 is 0 Å². The number of carbonyl (C=O) groups is 1. The number of aliphatic hydroxyl groups excluding tert-OH is 1. The predicted octanol–water partition coefficient (Wildman–Crippen LogP) is 3.06. The zero-order chi connectivity index (χ0) is 17.7. The van der Waals surface area contributed by atoms with Crippen LogP contribution in [0.1, 0.15) is 12.5 Å². The largest absolute Gasteiger partial charge is 0.505 e. The van der Waals surface area contributed by atoms with Gasteiger partial charge in [-0.05, 0) is 30.7 Å². The van der Waals surface area contributed by atoms with Crippen molar-refractivity contribution in [3.8, 4) is 11.5 Å². The summed E-state index contributed by atoms with van der Waals surface area (Å²) in [6.45, 7) is 5.60. The molecule has 0 fully saturated rings. The lowest BCUT2D eigenvalue weighted by atomic mass is 10.1. The lowest BCUT2D eigenvalue weighted by molar-refractivity contribution is -0.135. The quantitative estimate of drug-likeness (QED) is 0.641. The lowest BCUT2D eigenvalue weighted by Crippen LogP contribution is -2.11. The third-order valence-corrected chi connectivity index (χ3v) is 3.37. The maximum Gasteiger partial charge on any atom is 0.343 e. The van der Waals surface area contributed by atoms with E-state index < -0.39 is 5.97 Å². The number of aliphatic hydroxyl groups is 1. The molecule has 0 saturated heterocycles. The maximum absolute atomic E-state index is 11.7. The molecule has 24 heavy (non-hydrogen) atoms. The Morgan fingerprint density at radius 2 is 2.08 bits per heavy atom. The number of benzene rings is 1. The summed E-state index contributed by atoms with van der Waals surface area (Å²) in [7, 11) is 2.79. The van der Waals surface area contributed by atoms with Gasteiger partial charge in [-0.2, -0.15) is 0 Å². The van der Waals surface area contributed by atoms with Gasteiger partial charge in [0.05, 0.1) is 19.9 Å². The fourth-order valence-corrected chi connectivity index (χ4v) is 2.24. The normalized spacial score (nSPS) is 15.3. The van der Waals surface area contributed by atoms with E-state index in [0.717, 1.165) is 5.56 Å². The average Bonchev–Trinajstić information content (AvgIpc) is 2.86. The fraction of sp³-hybridized carbons (Fsp3) is 0.222. The van der Waals surface area contributed by atoms with E-state index in [2.05, 4.69) is 16.3 Å². The fourth-order valence-electron chi connectivity index (χ4n) is 2.24. The van der Waals surface area contributed by atoms with Gasteiger partial charge in [0.25, 0.3) is 0 Å². The summed E-state index contributed by atoms with van der Waals surface area (Å²) < 4.78 is 15.4. The SMILES string of the molecule is C=CCOc1ccc(/C=C2\N=C(C)C(C(=O)OC)=C2O)cc1OC. The molecule has 1 aliphatic heterocycles. The Morgan fingerprint density at radius 1 is 1.33 bits per heavy atom. The topological polar surface area (TPSA) is 77.4 Å². The highest BCUT2D eigenvalue weighted by Crippen LogP contribution is 2.31. The van der Waals surface area contributed by atoms with Crippen LogP contribution in [-0.2, 0) is 9.53 Å². The molecule has 0 unspecified atom stereocenters. The highest BCUT2D eigenvalue weighted by Gasteiger charge is 2.27. The van der Waals surface area contributed by atoms with Crippen LogP contribution in [0.4, 0.5) is 0 Å². The Kier molecular flexibility index (Phi) is 5.42. The van der Waals surface area contributed by atoms with Crippen LogP contribution < -0.4 is 9.47 Å². The van der Waals surface area contributed by atoms with Crippen molar-refractivity contribution in [2.75, 3.05) is 20.8 Å². The van der Waals surface area contributed by atoms with E-state index in [4.69, 9.17) is 9.47 Å². The van der Waals surface area contributed by atoms with E-state index in [-0.39, 0.29) is 17.0 Å². The highest BCUT2D eigenvalue weighted by atomic mass is 16.5. The average molecular weight is 329 g/mol. The monoisotopic (exact) mass is 329 g/mol. The smallest absolute Gasteiger partial charge is 0.343 e. The van der Waals surface area contributed by atoms with Crippen molar-refractivity contribution in [3.05, 3.63) is 53.4 Å². The number of esters is 1. The first-order valence-electron chi connectivity index (χ1n) is 7.22. The number of carbonyl (C=O) groups excluding carboxylic acids is 1. The van der Waals surface area contributed by atoms with Crippen LogP contribution in [0, 0.1) is 0 Å². The molecular formula is C18H19NO5. The first-order valence-corrected chi connectivity index (χ1v) is 7.22. The standard InChI is InChI=1S/C18H19NO5/c1-5-8-24-14-7-6-12(10-15(14)22-3)9-13-17(20)16(11(2)19-13)18(21)23-4/h5-7,9-10,20H,1,8H2,2-4H3/b13-9-. The van der Waals surface area contributed by atoms with E-state index in [1.165, 1.54) is 14.2 Å². The zero-order valence-electron chi connectivity index (χ0n) is 13.8. The second-order valence-electron chi connectivity index (χ2n) is 4.95. The summed E-state index contributed by atoms with van der Waals surface area (Å²) in [6, 6.07) is 5.30. The summed E-state index contributed by atoms with van der Waals surface area (Å²) in [5.74, 6) is 0.301. The third-order valence-electron chi connectivity index (χ3n) is 3.37. The number of methoxy groups -OCH3 is 2. The molecule has 0 amide bonds. The third kappa shape index (κ3) is 3.48. The first-order chi connectivity index (χ1) is 11.5. The minimum Gasteiger partial charge on any atom is -0.505 e. The van der Waals surface area contributed by atoms with Crippen molar-refractivity contribution in [1.29, 1.82) is 0 Å². The molecule has 0 atom stereocenters.